The highest BCUT2D eigenvalue weighted by Crippen LogP contribution is 2.48. The van der Waals surface area contributed by atoms with Gasteiger partial charge in [-0.15, -0.1) is 13.2 Å². The fraction of sp³-hybridized carbons (Fsp3) is 0.586. The molecule has 4 atom stereocenters. The lowest BCUT2D eigenvalue weighted by atomic mass is 9.63. The molecule has 0 bridgehead atoms. The molecule has 1 nitrogen and oxygen atoms in total. The van der Waals surface area contributed by atoms with Crippen LogP contribution in [0.5, 0.6) is 5.75 Å². The minimum Gasteiger partial charge on any atom is -0.403 e. The van der Waals surface area contributed by atoms with Crippen LogP contribution in [0.25, 0.3) is 11.1 Å². The van der Waals surface area contributed by atoms with Gasteiger partial charge in [-0.1, -0.05) is 75.8 Å². The summed E-state index contributed by atoms with van der Waals surface area (Å²) in [5.41, 5.74) is 2.65. The lowest BCUT2D eigenvalue weighted by Gasteiger charge is -2.42. The molecule has 4 unspecified atom stereocenters. The van der Waals surface area contributed by atoms with Gasteiger partial charge < -0.3 is 4.74 Å². The summed E-state index contributed by atoms with van der Waals surface area (Å²) in [5, 5.41) is 0. The van der Waals surface area contributed by atoms with E-state index >= 15 is 0 Å². The largest absolute Gasteiger partial charge is 0.573 e. The van der Waals surface area contributed by atoms with Crippen molar-refractivity contribution in [1.29, 1.82) is 0 Å². The van der Waals surface area contributed by atoms with Crippen molar-refractivity contribution in [2.75, 3.05) is 0 Å². The molecule has 0 N–H and O–H groups in total. The number of hydrogen-bond donors (Lipinski definition) is 0. The number of hydrogen-bond acceptors (Lipinski definition) is 1. The van der Waals surface area contributed by atoms with E-state index in [2.05, 4.69) is 23.8 Å². The molecule has 4 rings (SSSR count). The number of halogens is 4. The van der Waals surface area contributed by atoms with Gasteiger partial charge in [0.2, 0.25) is 0 Å². The highest BCUT2D eigenvalue weighted by Gasteiger charge is 2.36. The number of alkyl halides is 3. The lowest BCUT2D eigenvalue weighted by molar-refractivity contribution is -0.275. The van der Waals surface area contributed by atoms with E-state index < -0.39 is 17.9 Å². The normalized spacial score (nSPS) is 25.1. The first-order chi connectivity index (χ1) is 16.3. The minimum atomic E-state index is -4.91. The van der Waals surface area contributed by atoms with Crippen molar-refractivity contribution >= 4 is 0 Å². The Kier molecular flexibility index (Phi) is 8.21. The van der Waals surface area contributed by atoms with E-state index in [1.54, 1.807) is 0 Å². The van der Waals surface area contributed by atoms with Crippen LogP contribution in [0, 0.1) is 23.6 Å². The molecule has 2 aliphatic rings. The second kappa shape index (κ2) is 11.1. The number of fused-ring (bicyclic) bond motifs is 1. The zero-order valence-electron chi connectivity index (χ0n) is 20.0. The molecule has 186 valence electrons. The van der Waals surface area contributed by atoms with Gasteiger partial charge in [0, 0.05) is 0 Å². The third-order valence-electron chi connectivity index (χ3n) is 8.06. The van der Waals surface area contributed by atoms with Crippen molar-refractivity contribution in [3.05, 3.63) is 53.8 Å². The molecule has 2 fully saturated rings. The standard InChI is InChI=1S/C29H36F4O/c1-2-3-4-5-6-20-7-8-25-18-24(14-13-23(25)17-20)21-9-11-22(12-10-21)26-15-16-28(27(30)19-26)34-29(31,32)33/h9-12,15-16,19-20,23-25H,2-8,13-14,17-18H2,1H3. The summed E-state index contributed by atoms with van der Waals surface area (Å²) in [7, 11) is 0. The predicted octanol–water partition coefficient (Wildman–Crippen LogP) is 9.66. The summed E-state index contributed by atoms with van der Waals surface area (Å²) in [6.07, 6.45) is 9.92. The van der Waals surface area contributed by atoms with E-state index in [1.807, 2.05) is 12.1 Å². The Balaban J connectivity index is 1.33. The van der Waals surface area contributed by atoms with Gasteiger partial charge in [-0.3, -0.25) is 0 Å². The van der Waals surface area contributed by atoms with Gasteiger partial charge in [-0.05, 0) is 84.6 Å². The summed E-state index contributed by atoms with van der Waals surface area (Å²) in [5.74, 6) is 1.40. The molecule has 2 aromatic carbocycles. The first kappa shape index (κ1) is 25.1. The maximum Gasteiger partial charge on any atom is 0.573 e. The van der Waals surface area contributed by atoms with Crippen LogP contribution in [0.2, 0.25) is 0 Å². The molecule has 2 aliphatic carbocycles. The summed E-state index contributed by atoms with van der Waals surface area (Å²) in [4.78, 5) is 0. The van der Waals surface area contributed by atoms with Crippen molar-refractivity contribution in [3.8, 4) is 16.9 Å². The maximum atomic E-state index is 14.1. The Morgan fingerprint density at radius 2 is 1.53 bits per heavy atom. The van der Waals surface area contributed by atoms with Gasteiger partial charge in [0.1, 0.15) is 0 Å². The molecule has 0 aliphatic heterocycles. The molecule has 0 saturated heterocycles. The first-order valence-corrected chi connectivity index (χ1v) is 13.0. The van der Waals surface area contributed by atoms with Gasteiger partial charge >= 0.3 is 6.36 Å². The number of rotatable bonds is 8. The van der Waals surface area contributed by atoms with Gasteiger partial charge in [-0.25, -0.2) is 4.39 Å². The predicted molar refractivity (Wildman–Crippen MR) is 128 cm³/mol. The summed E-state index contributed by atoms with van der Waals surface area (Å²) in [6, 6.07) is 11.7. The van der Waals surface area contributed by atoms with Gasteiger partial charge in [-0.2, -0.15) is 0 Å². The van der Waals surface area contributed by atoms with E-state index in [1.165, 1.54) is 82.3 Å². The molecule has 0 radical (unpaired) electrons. The second-order valence-corrected chi connectivity index (χ2v) is 10.4. The van der Waals surface area contributed by atoms with Crippen LogP contribution >= 0.6 is 0 Å². The quantitative estimate of drug-likeness (QED) is 0.272. The topological polar surface area (TPSA) is 9.23 Å². The SMILES string of the molecule is CCCCCCC1CCC2CC(c3ccc(-c4ccc(OC(F)(F)F)c(F)c4)cc3)CCC2C1. The molecular formula is C29H36F4O. The molecule has 0 amide bonds. The van der Waals surface area contributed by atoms with E-state index in [-0.39, 0.29) is 0 Å². The fourth-order valence-electron chi connectivity index (χ4n) is 6.25. The first-order valence-electron chi connectivity index (χ1n) is 13.0. The zero-order valence-corrected chi connectivity index (χ0v) is 20.0. The highest BCUT2D eigenvalue weighted by atomic mass is 19.4. The second-order valence-electron chi connectivity index (χ2n) is 10.4. The molecular weight excluding hydrogens is 440 g/mol. The third-order valence-corrected chi connectivity index (χ3v) is 8.06. The number of benzene rings is 2. The van der Waals surface area contributed by atoms with Crippen LogP contribution < -0.4 is 4.74 Å². The van der Waals surface area contributed by atoms with Crippen LogP contribution in [-0.4, -0.2) is 6.36 Å². The van der Waals surface area contributed by atoms with Crippen LogP contribution in [0.3, 0.4) is 0 Å². The van der Waals surface area contributed by atoms with Crippen LogP contribution in [-0.2, 0) is 0 Å². The fourth-order valence-corrected chi connectivity index (χ4v) is 6.25. The number of unbranched alkanes of at least 4 members (excludes halogenated alkanes) is 3. The number of ether oxygens (including phenoxy) is 1. The lowest BCUT2D eigenvalue weighted by Crippen LogP contribution is -2.30. The minimum absolute atomic E-state index is 0.541. The van der Waals surface area contributed by atoms with Crippen LogP contribution in [0.1, 0.15) is 89.0 Å². The zero-order chi connectivity index (χ0) is 24.1. The highest BCUT2D eigenvalue weighted by molar-refractivity contribution is 5.64. The van der Waals surface area contributed by atoms with Crippen molar-refractivity contribution in [2.24, 2.45) is 17.8 Å². The van der Waals surface area contributed by atoms with Gasteiger partial charge in [0.15, 0.2) is 11.6 Å². The average Bonchev–Trinajstić information content (AvgIpc) is 2.82. The van der Waals surface area contributed by atoms with E-state index in [4.69, 9.17) is 0 Å². The van der Waals surface area contributed by atoms with Crippen LogP contribution in [0.15, 0.2) is 42.5 Å². The van der Waals surface area contributed by atoms with Crippen molar-refractivity contribution in [2.45, 2.75) is 89.8 Å². The van der Waals surface area contributed by atoms with Gasteiger partial charge in [0.25, 0.3) is 0 Å². The smallest absolute Gasteiger partial charge is 0.403 e. The Labute approximate surface area is 200 Å². The van der Waals surface area contributed by atoms with E-state index in [9.17, 15) is 17.6 Å². The summed E-state index contributed by atoms with van der Waals surface area (Å²) < 4.78 is 55.0. The summed E-state index contributed by atoms with van der Waals surface area (Å²) >= 11 is 0. The molecule has 0 aromatic heterocycles. The Morgan fingerprint density at radius 1 is 0.824 bits per heavy atom. The molecule has 34 heavy (non-hydrogen) atoms. The Morgan fingerprint density at radius 3 is 2.24 bits per heavy atom. The molecule has 0 spiro atoms. The van der Waals surface area contributed by atoms with Crippen molar-refractivity contribution in [1.82, 2.24) is 0 Å². The molecule has 2 saturated carbocycles. The third kappa shape index (κ3) is 6.55. The molecule has 0 heterocycles. The summed E-state index contributed by atoms with van der Waals surface area (Å²) in [6.45, 7) is 2.27. The maximum absolute atomic E-state index is 14.1. The Bertz CT molecular complexity index is 921. The van der Waals surface area contributed by atoms with Crippen LogP contribution in [0.4, 0.5) is 17.6 Å². The Hall–Kier alpha value is -2.04. The van der Waals surface area contributed by atoms with E-state index in [0.717, 1.165) is 35.4 Å². The van der Waals surface area contributed by atoms with Gasteiger partial charge in [0.05, 0.1) is 0 Å². The van der Waals surface area contributed by atoms with Crippen molar-refractivity contribution < 1.29 is 22.3 Å². The molecule has 2 aromatic rings. The monoisotopic (exact) mass is 476 g/mol. The molecule has 5 heteroatoms. The average molecular weight is 477 g/mol. The van der Waals surface area contributed by atoms with E-state index in [0.29, 0.717) is 11.5 Å². The van der Waals surface area contributed by atoms with Crippen molar-refractivity contribution in [3.63, 3.8) is 0 Å².